The summed E-state index contributed by atoms with van der Waals surface area (Å²) in [6.45, 7) is 0. The molecule has 0 unspecified atom stereocenters. The highest BCUT2D eigenvalue weighted by Crippen LogP contribution is 2.34. The van der Waals surface area contributed by atoms with E-state index >= 15 is 0 Å². The zero-order valence-electron chi connectivity index (χ0n) is 16.4. The lowest BCUT2D eigenvalue weighted by atomic mass is 10.1. The molecule has 3 rings (SSSR count). The fraction of sp³-hybridized carbons (Fsp3) is 0.111. The molecule has 32 heavy (non-hydrogen) atoms. The zero-order chi connectivity index (χ0) is 23.5. The standard InChI is InChI=1S/C18H13N5O7S2/c1-29-11-3-5-13(14(8-11)23(25)26)15-6-4-12(30-15)7-10(9-19)16(24)20-17-21-22-18(31-17)32(2,27)28/h3-8H,1-2H3,(H,20,21,24)/b10-7-. The molecule has 0 aliphatic carbocycles. The number of hydrogen-bond donors (Lipinski definition) is 1. The Bertz CT molecular complexity index is 1380. The van der Waals surface area contributed by atoms with Crippen LogP contribution in [0, 0.1) is 21.4 Å². The van der Waals surface area contributed by atoms with Crippen molar-refractivity contribution in [1.82, 2.24) is 10.2 Å². The molecule has 164 valence electrons. The van der Waals surface area contributed by atoms with Crippen LogP contribution in [0.1, 0.15) is 5.76 Å². The Balaban J connectivity index is 1.86. The number of nitro benzene ring substituents is 1. The average molecular weight is 475 g/mol. The largest absolute Gasteiger partial charge is 0.497 e. The number of benzene rings is 1. The number of nitro groups is 1. The minimum absolute atomic E-state index is 0.0888. The van der Waals surface area contributed by atoms with Crippen LogP contribution >= 0.6 is 11.3 Å². The number of carbonyl (C=O) groups is 1. The zero-order valence-corrected chi connectivity index (χ0v) is 18.1. The summed E-state index contributed by atoms with van der Waals surface area (Å²) in [7, 11) is -2.21. The Hall–Kier alpha value is -4.09. The molecule has 0 spiro atoms. The van der Waals surface area contributed by atoms with E-state index < -0.39 is 20.7 Å². The summed E-state index contributed by atoms with van der Waals surface area (Å²) in [4.78, 5) is 23.1. The fourth-order valence-corrected chi connectivity index (χ4v) is 3.94. The number of methoxy groups -OCH3 is 1. The molecular formula is C18H13N5O7S2. The molecule has 0 aliphatic rings. The van der Waals surface area contributed by atoms with Crippen molar-refractivity contribution in [1.29, 1.82) is 5.26 Å². The van der Waals surface area contributed by atoms with Gasteiger partial charge < -0.3 is 9.15 Å². The third-order valence-electron chi connectivity index (χ3n) is 3.89. The van der Waals surface area contributed by atoms with Crippen LogP contribution in [0.25, 0.3) is 17.4 Å². The van der Waals surface area contributed by atoms with Gasteiger partial charge in [0.15, 0.2) is 0 Å². The summed E-state index contributed by atoms with van der Waals surface area (Å²) in [5.41, 5.74) is -0.433. The van der Waals surface area contributed by atoms with E-state index in [-0.39, 0.29) is 37.8 Å². The van der Waals surface area contributed by atoms with E-state index in [2.05, 4.69) is 15.5 Å². The van der Waals surface area contributed by atoms with Crippen molar-refractivity contribution in [2.45, 2.75) is 4.34 Å². The molecule has 0 fully saturated rings. The van der Waals surface area contributed by atoms with E-state index in [4.69, 9.17) is 9.15 Å². The molecule has 2 aromatic heterocycles. The predicted octanol–water partition coefficient (Wildman–Crippen LogP) is 2.66. The van der Waals surface area contributed by atoms with Crippen molar-refractivity contribution < 1.29 is 27.3 Å². The minimum Gasteiger partial charge on any atom is -0.497 e. The minimum atomic E-state index is -3.59. The molecule has 0 saturated heterocycles. The lowest BCUT2D eigenvalue weighted by Crippen LogP contribution is -2.13. The van der Waals surface area contributed by atoms with Gasteiger partial charge in [0.25, 0.3) is 11.6 Å². The van der Waals surface area contributed by atoms with Gasteiger partial charge in [-0.25, -0.2) is 8.42 Å². The van der Waals surface area contributed by atoms with Crippen LogP contribution in [-0.2, 0) is 14.6 Å². The summed E-state index contributed by atoms with van der Waals surface area (Å²) in [5, 5.41) is 29.9. The normalized spacial score (nSPS) is 11.6. The highest BCUT2D eigenvalue weighted by Gasteiger charge is 2.20. The first-order chi connectivity index (χ1) is 15.1. The third kappa shape index (κ3) is 4.96. The summed E-state index contributed by atoms with van der Waals surface area (Å²) in [6, 6.07) is 8.82. The Morgan fingerprint density at radius 2 is 2.09 bits per heavy atom. The van der Waals surface area contributed by atoms with Crippen LogP contribution in [-0.4, -0.2) is 42.8 Å². The van der Waals surface area contributed by atoms with Crippen molar-refractivity contribution in [3.8, 4) is 23.1 Å². The Kier molecular flexibility index (Phi) is 6.32. The van der Waals surface area contributed by atoms with E-state index in [1.807, 2.05) is 0 Å². The first-order valence-electron chi connectivity index (χ1n) is 8.51. The number of furan rings is 1. The van der Waals surface area contributed by atoms with E-state index in [9.17, 15) is 28.6 Å². The van der Waals surface area contributed by atoms with Crippen LogP contribution < -0.4 is 10.1 Å². The van der Waals surface area contributed by atoms with Gasteiger partial charge in [-0.15, -0.1) is 10.2 Å². The van der Waals surface area contributed by atoms with Gasteiger partial charge in [0.1, 0.15) is 28.9 Å². The summed E-state index contributed by atoms with van der Waals surface area (Å²) >= 11 is 0.635. The topological polar surface area (TPSA) is 178 Å². The highest BCUT2D eigenvalue weighted by molar-refractivity contribution is 7.92. The van der Waals surface area contributed by atoms with Gasteiger partial charge in [0, 0.05) is 12.3 Å². The van der Waals surface area contributed by atoms with Crippen molar-refractivity contribution in [2.24, 2.45) is 0 Å². The Labute approximate surface area is 184 Å². The second-order valence-corrected chi connectivity index (χ2v) is 9.28. The van der Waals surface area contributed by atoms with E-state index in [1.54, 1.807) is 6.07 Å². The number of anilines is 1. The number of rotatable bonds is 7. The Morgan fingerprint density at radius 3 is 2.69 bits per heavy atom. The average Bonchev–Trinajstić information content (AvgIpc) is 3.40. The molecule has 1 amide bonds. The van der Waals surface area contributed by atoms with Crippen molar-refractivity contribution in [2.75, 3.05) is 18.7 Å². The number of hydrogen-bond acceptors (Lipinski definition) is 11. The molecule has 0 aliphatic heterocycles. The predicted molar refractivity (Wildman–Crippen MR) is 113 cm³/mol. The van der Waals surface area contributed by atoms with Crippen LogP contribution in [0.5, 0.6) is 5.75 Å². The number of nitrogens with one attached hydrogen (secondary N) is 1. The monoisotopic (exact) mass is 475 g/mol. The number of sulfone groups is 1. The maximum atomic E-state index is 12.3. The van der Waals surface area contributed by atoms with Gasteiger partial charge in [-0.05, 0) is 24.3 Å². The number of nitriles is 1. The van der Waals surface area contributed by atoms with Gasteiger partial charge in [-0.1, -0.05) is 11.3 Å². The maximum absolute atomic E-state index is 12.3. The SMILES string of the molecule is COc1ccc(-c2ccc(/C=C(/C#N)C(=O)Nc3nnc(S(C)(=O)=O)s3)o2)c([N+](=O)[O-])c1. The van der Waals surface area contributed by atoms with Crippen molar-refractivity contribution >= 4 is 44.0 Å². The van der Waals surface area contributed by atoms with Crippen LogP contribution in [0.2, 0.25) is 0 Å². The molecule has 2 heterocycles. The molecule has 0 bridgehead atoms. The highest BCUT2D eigenvalue weighted by atomic mass is 32.2. The molecular weight excluding hydrogens is 462 g/mol. The van der Waals surface area contributed by atoms with Gasteiger partial charge in [-0.2, -0.15) is 5.26 Å². The van der Waals surface area contributed by atoms with Crippen LogP contribution in [0.15, 0.2) is 44.7 Å². The number of nitrogens with zero attached hydrogens (tertiary/aromatic N) is 4. The van der Waals surface area contributed by atoms with E-state index in [1.165, 1.54) is 37.4 Å². The molecule has 0 atom stereocenters. The van der Waals surface area contributed by atoms with Crippen molar-refractivity contribution in [3.63, 3.8) is 0 Å². The van der Waals surface area contributed by atoms with Gasteiger partial charge in [0.2, 0.25) is 19.3 Å². The smallest absolute Gasteiger partial charge is 0.284 e. The van der Waals surface area contributed by atoms with E-state index in [0.717, 1.165) is 12.3 Å². The molecule has 0 radical (unpaired) electrons. The van der Waals surface area contributed by atoms with Gasteiger partial charge in [0.05, 0.1) is 23.7 Å². The molecule has 12 nitrogen and oxygen atoms in total. The fourth-order valence-electron chi connectivity index (χ4n) is 2.44. The quantitative estimate of drug-likeness (QED) is 0.175. The summed E-state index contributed by atoms with van der Waals surface area (Å²) in [5.74, 6) is -0.334. The number of ether oxygens (including phenoxy) is 1. The lowest BCUT2D eigenvalue weighted by molar-refractivity contribution is -0.384. The van der Waals surface area contributed by atoms with Gasteiger partial charge in [-0.3, -0.25) is 20.2 Å². The van der Waals surface area contributed by atoms with E-state index in [0.29, 0.717) is 17.1 Å². The van der Waals surface area contributed by atoms with Crippen molar-refractivity contribution in [3.05, 3.63) is 51.8 Å². The number of carbonyl (C=O) groups excluding carboxylic acids is 1. The number of aromatic nitrogens is 2. The molecule has 0 saturated carbocycles. The Morgan fingerprint density at radius 1 is 1.34 bits per heavy atom. The number of amides is 1. The molecule has 1 aromatic carbocycles. The third-order valence-corrected chi connectivity index (χ3v) is 6.40. The molecule has 14 heteroatoms. The summed E-state index contributed by atoms with van der Waals surface area (Å²) < 4.78 is 33.2. The molecule has 1 N–H and O–H groups in total. The first kappa shape index (κ1) is 22.6. The first-order valence-corrected chi connectivity index (χ1v) is 11.2. The second kappa shape index (κ2) is 8.96. The molecule has 3 aromatic rings. The summed E-state index contributed by atoms with van der Waals surface area (Å²) in [6.07, 6.45) is 2.08. The lowest BCUT2D eigenvalue weighted by Gasteiger charge is -2.03. The van der Waals surface area contributed by atoms with Crippen LogP contribution in [0.4, 0.5) is 10.8 Å². The maximum Gasteiger partial charge on any atom is 0.284 e. The second-order valence-electron chi connectivity index (χ2n) is 6.11. The van der Waals surface area contributed by atoms with Gasteiger partial charge >= 0.3 is 0 Å². The van der Waals surface area contributed by atoms with Crippen LogP contribution in [0.3, 0.4) is 0 Å².